The molecule has 5 aromatic rings. The van der Waals surface area contributed by atoms with Gasteiger partial charge in [-0.2, -0.15) is 15.0 Å². The van der Waals surface area contributed by atoms with E-state index in [2.05, 4.69) is 36.2 Å². The average Bonchev–Trinajstić information content (AvgIpc) is 3.04. The van der Waals surface area contributed by atoms with Gasteiger partial charge in [0.1, 0.15) is 11.3 Å². The van der Waals surface area contributed by atoms with E-state index in [-0.39, 0.29) is 39.6 Å². The maximum Gasteiger partial charge on any atom is 0.339 e. The van der Waals surface area contributed by atoms with E-state index >= 15 is 0 Å². The molecule has 0 saturated heterocycles. The molecule has 3 aromatic carbocycles. The Hall–Kier alpha value is -5.94. The second-order valence-electron chi connectivity index (χ2n) is 9.50. The van der Waals surface area contributed by atoms with Crippen LogP contribution in [0.4, 0.5) is 23.3 Å². The van der Waals surface area contributed by atoms with Crippen LogP contribution in [-0.2, 0) is 6.42 Å². The fourth-order valence-electron chi connectivity index (χ4n) is 4.21. The number of thiocarbonyl (C=S) groups is 2. The lowest BCUT2D eigenvalue weighted by Gasteiger charge is -2.14. The van der Waals surface area contributed by atoms with Crippen molar-refractivity contribution in [2.45, 2.75) is 6.42 Å². The van der Waals surface area contributed by atoms with Gasteiger partial charge in [0, 0.05) is 24.4 Å². The first-order chi connectivity index (χ1) is 22.7. The van der Waals surface area contributed by atoms with Crippen molar-refractivity contribution in [3.8, 4) is 23.3 Å². The second kappa shape index (κ2) is 14.9. The Balaban J connectivity index is 1.33. The maximum absolute atomic E-state index is 12.2. The van der Waals surface area contributed by atoms with Crippen molar-refractivity contribution in [3.05, 3.63) is 98.9 Å². The fraction of sp³-hybridized carbons (Fsp3) is 0.133. The van der Waals surface area contributed by atoms with E-state index in [9.17, 15) is 14.9 Å². The van der Waals surface area contributed by atoms with E-state index in [1.54, 1.807) is 38.5 Å². The molecule has 0 spiro atoms. The highest BCUT2D eigenvalue weighted by Gasteiger charge is 2.15. The van der Waals surface area contributed by atoms with Crippen LogP contribution in [0, 0.1) is 10.1 Å². The molecule has 0 saturated carbocycles. The van der Waals surface area contributed by atoms with Crippen molar-refractivity contribution in [1.82, 2.24) is 20.3 Å². The van der Waals surface area contributed by atoms with Crippen LogP contribution in [0.5, 0.6) is 23.3 Å². The summed E-state index contributed by atoms with van der Waals surface area (Å²) in [5, 5.41) is 23.5. The molecule has 0 atom stereocenters. The van der Waals surface area contributed by atoms with Gasteiger partial charge in [-0.15, -0.1) is 0 Å². The molecule has 0 bridgehead atoms. The van der Waals surface area contributed by atoms with Crippen molar-refractivity contribution >= 4 is 68.9 Å². The summed E-state index contributed by atoms with van der Waals surface area (Å²) in [4.78, 5) is 35.6. The number of hydrogen-bond donors (Lipinski definition) is 4. The number of nitro benzene ring substituents is 1. The number of ether oxygens (including phenoxy) is 3. The molecule has 0 fully saturated rings. The highest BCUT2D eigenvalue weighted by atomic mass is 32.1. The van der Waals surface area contributed by atoms with Gasteiger partial charge in [0.05, 0.1) is 30.6 Å². The predicted octanol–water partition coefficient (Wildman–Crippen LogP) is 5.03. The van der Waals surface area contributed by atoms with E-state index in [1.165, 1.54) is 30.3 Å². The van der Waals surface area contributed by atoms with Crippen LogP contribution in [-0.4, -0.2) is 50.9 Å². The van der Waals surface area contributed by atoms with Crippen LogP contribution in [0.25, 0.3) is 11.0 Å². The number of para-hydroxylation sites is 1. The molecule has 0 radical (unpaired) electrons. The third-order valence-corrected chi connectivity index (χ3v) is 6.81. The molecule has 240 valence electrons. The number of anilines is 3. The summed E-state index contributed by atoms with van der Waals surface area (Å²) in [6.45, 7) is 0.468. The summed E-state index contributed by atoms with van der Waals surface area (Å²) in [7, 11) is 3.14. The average molecular weight is 675 g/mol. The van der Waals surface area contributed by atoms with Crippen molar-refractivity contribution in [1.29, 1.82) is 0 Å². The number of nitro groups is 1. The number of nitrogens with zero attached hydrogens (tertiary/aromatic N) is 4. The Morgan fingerprint density at radius 1 is 0.851 bits per heavy atom. The van der Waals surface area contributed by atoms with Crippen LogP contribution in [0.3, 0.4) is 0 Å². The fourth-order valence-corrected chi connectivity index (χ4v) is 4.61. The Labute approximate surface area is 277 Å². The molecule has 0 aliphatic carbocycles. The third kappa shape index (κ3) is 8.62. The van der Waals surface area contributed by atoms with Gasteiger partial charge in [0.25, 0.3) is 5.69 Å². The van der Waals surface area contributed by atoms with Crippen molar-refractivity contribution < 1.29 is 23.6 Å². The van der Waals surface area contributed by atoms with Gasteiger partial charge in [-0.1, -0.05) is 18.2 Å². The number of aromatic nitrogens is 3. The Bertz CT molecular complexity index is 2010. The lowest BCUT2D eigenvalue weighted by Crippen LogP contribution is -2.31. The summed E-state index contributed by atoms with van der Waals surface area (Å²) in [6.07, 6.45) is 0.618. The van der Waals surface area contributed by atoms with Crippen LogP contribution in [0.2, 0.25) is 0 Å². The van der Waals surface area contributed by atoms with Gasteiger partial charge < -0.3 is 39.9 Å². The topological polar surface area (TPSA) is 188 Å². The number of methoxy groups -OCH3 is 2. The Kier molecular flexibility index (Phi) is 10.3. The summed E-state index contributed by atoms with van der Waals surface area (Å²) < 4.78 is 21.8. The first-order valence-electron chi connectivity index (χ1n) is 13.8. The molecule has 2 aromatic heterocycles. The lowest BCUT2D eigenvalue weighted by molar-refractivity contribution is -0.384. The molecule has 0 aliphatic rings. The number of fused-ring (bicyclic) bond motifs is 1. The largest absolute Gasteiger partial charge is 0.493 e. The summed E-state index contributed by atoms with van der Waals surface area (Å²) in [6, 6.07) is 19.1. The van der Waals surface area contributed by atoms with Gasteiger partial charge in [-0.05, 0) is 72.8 Å². The van der Waals surface area contributed by atoms with Gasteiger partial charge in [-0.25, -0.2) is 4.79 Å². The van der Waals surface area contributed by atoms with E-state index < -0.39 is 10.5 Å². The van der Waals surface area contributed by atoms with Gasteiger partial charge in [0.2, 0.25) is 11.9 Å². The molecule has 0 unspecified atom stereocenters. The molecule has 15 nitrogen and oxygen atoms in total. The van der Waals surface area contributed by atoms with Crippen LogP contribution in [0.15, 0.2) is 82.0 Å². The molecule has 0 amide bonds. The summed E-state index contributed by atoms with van der Waals surface area (Å²) in [5.74, 6) is 1.38. The van der Waals surface area contributed by atoms with E-state index in [1.807, 2.05) is 18.2 Å². The number of rotatable bonds is 11. The lowest BCUT2D eigenvalue weighted by atomic mass is 10.1. The van der Waals surface area contributed by atoms with Gasteiger partial charge in [-0.3, -0.25) is 10.1 Å². The van der Waals surface area contributed by atoms with E-state index in [0.717, 1.165) is 5.56 Å². The van der Waals surface area contributed by atoms with Crippen molar-refractivity contribution in [2.24, 2.45) is 0 Å². The minimum absolute atomic E-state index is 0.00604. The van der Waals surface area contributed by atoms with Crippen LogP contribution in [0.1, 0.15) is 5.56 Å². The minimum atomic E-state index is -0.627. The SMILES string of the molecule is COc1ccc(CCNC(=S)Nc2nc(NC(=S)Nc3ccc([N+](=O)[O-])cc3)nc(Oc3cc(=O)oc4ccccc34)n2)cc1OC. The molecule has 2 heterocycles. The predicted molar refractivity (Wildman–Crippen MR) is 183 cm³/mol. The van der Waals surface area contributed by atoms with E-state index in [4.69, 9.17) is 43.1 Å². The normalized spacial score (nSPS) is 10.5. The zero-order chi connectivity index (χ0) is 33.3. The second-order valence-corrected chi connectivity index (χ2v) is 10.3. The van der Waals surface area contributed by atoms with Crippen molar-refractivity contribution in [2.75, 3.05) is 36.7 Å². The number of non-ortho nitro benzene ring substituents is 1. The highest BCUT2D eigenvalue weighted by Crippen LogP contribution is 2.29. The van der Waals surface area contributed by atoms with Crippen LogP contribution >= 0.6 is 24.4 Å². The molecule has 4 N–H and O–H groups in total. The maximum atomic E-state index is 12.2. The smallest absolute Gasteiger partial charge is 0.339 e. The molecule has 5 rings (SSSR count). The van der Waals surface area contributed by atoms with Crippen molar-refractivity contribution in [3.63, 3.8) is 0 Å². The first-order valence-corrected chi connectivity index (χ1v) is 14.6. The van der Waals surface area contributed by atoms with Gasteiger partial charge >= 0.3 is 11.6 Å². The minimum Gasteiger partial charge on any atom is -0.493 e. The zero-order valence-corrected chi connectivity index (χ0v) is 26.4. The molecule has 47 heavy (non-hydrogen) atoms. The highest BCUT2D eigenvalue weighted by molar-refractivity contribution is 7.80. The van der Waals surface area contributed by atoms with Gasteiger partial charge in [0.15, 0.2) is 21.7 Å². The monoisotopic (exact) mass is 674 g/mol. The molecule has 17 heteroatoms. The Morgan fingerprint density at radius 3 is 2.26 bits per heavy atom. The molecular weight excluding hydrogens is 649 g/mol. The summed E-state index contributed by atoms with van der Waals surface area (Å²) in [5.41, 5.74) is 1.10. The third-order valence-electron chi connectivity index (χ3n) is 6.36. The molecule has 0 aliphatic heterocycles. The first kappa shape index (κ1) is 32.5. The zero-order valence-electron chi connectivity index (χ0n) is 24.8. The number of hydrogen-bond acceptors (Lipinski definition) is 12. The van der Waals surface area contributed by atoms with Crippen LogP contribution < -0.4 is 41.1 Å². The quantitative estimate of drug-likeness (QED) is 0.0631. The number of benzene rings is 3. The summed E-state index contributed by atoms with van der Waals surface area (Å²) >= 11 is 10.9. The molecular formula is C30H26N8O7S2. The Morgan fingerprint density at radius 2 is 1.55 bits per heavy atom. The van der Waals surface area contributed by atoms with E-state index in [0.29, 0.717) is 41.1 Å². The number of nitrogens with one attached hydrogen (secondary N) is 4. The standard InChI is InChI=1S/C30H26N8O7S2/c1-42-22-12-7-17(15-24(22)43-2)13-14-31-29(46)36-26-33-27(37-30(47)32-18-8-10-19(11-9-18)38(40)41)35-28(34-26)45-23-16-25(39)44-21-6-4-3-5-20(21)23/h3-12,15-16H,13-14H2,1-2H3,(H4,31,32,33,34,35,36,37,46,47).